The first-order valence-corrected chi connectivity index (χ1v) is 13.5. The maximum Gasteiger partial charge on any atom is 0.208 e. The van der Waals surface area contributed by atoms with E-state index in [1.54, 1.807) is 18.6 Å². The molecule has 184 valence electrons. The largest absolute Gasteiger partial charge is 0.455 e. The van der Waals surface area contributed by atoms with Gasteiger partial charge in [0.15, 0.2) is 0 Å². The molecule has 1 saturated heterocycles. The highest BCUT2D eigenvalue weighted by Gasteiger charge is 2.57. The van der Waals surface area contributed by atoms with E-state index in [2.05, 4.69) is 34.9 Å². The predicted octanol–water partition coefficient (Wildman–Crippen LogP) is 3.25. The fourth-order valence-corrected chi connectivity index (χ4v) is 5.71. The van der Waals surface area contributed by atoms with E-state index >= 15 is 0 Å². The lowest BCUT2D eigenvalue weighted by atomic mass is 10.2. The van der Waals surface area contributed by atoms with Gasteiger partial charge in [0.25, 0.3) is 0 Å². The van der Waals surface area contributed by atoms with Crippen molar-refractivity contribution in [2.75, 3.05) is 29.6 Å². The fraction of sp³-hybridized carbons (Fsp3) is 0.280. The molecule has 2 unspecified atom stereocenters. The molecule has 0 bridgehead atoms. The average molecular weight is 504 g/mol. The van der Waals surface area contributed by atoms with Crippen molar-refractivity contribution in [1.29, 1.82) is 0 Å². The molecule has 1 saturated carbocycles. The lowest BCUT2D eigenvalue weighted by Gasteiger charge is -2.21. The quantitative estimate of drug-likeness (QED) is 0.391. The molecular weight excluding hydrogens is 478 g/mol. The number of aryl methyl sites for hydroxylation is 1. The Balaban J connectivity index is 1.20. The van der Waals surface area contributed by atoms with Crippen molar-refractivity contribution in [2.45, 2.75) is 13.0 Å². The summed E-state index contributed by atoms with van der Waals surface area (Å²) in [6, 6.07) is 11.6. The number of piperidine rings is 1. The summed E-state index contributed by atoms with van der Waals surface area (Å²) >= 11 is 0. The van der Waals surface area contributed by atoms with E-state index < -0.39 is 10.0 Å². The molecule has 11 heteroatoms. The Morgan fingerprint density at radius 2 is 1.89 bits per heavy atom. The van der Waals surface area contributed by atoms with E-state index in [0.717, 1.165) is 46.8 Å². The van der Waals surface area contributed by atoms with Crippen molar-refractivity contribution in [1.82, 2.24) is 24.7 Å². The molecule has 2 N–H and O–H groups in total. The van der Waals surface area contributed by atoms with Gasteiger partial charge in [0.2, 0.25) is 10.0 Å². The number of hydrogen-bond acceptors (Lipinski definition) is 9. The third kappa shape index (κ3) is 4.54. The molecule has 3 aromatic heterocycles. The van der Waals surface area contributed by atoms with Crippen LogP contribution in [0.2, 0.25) is 0 Å². The van der Waals surface area contributed by atoms with Gasteiger partial charge in [-0.2, -0.15) is 0 Å². The van der Waals surface area contributed by atoms with Crippen LogP contribution in [0.25, 0.3) is 10.9 Å². The van der Waals surface area contributed by atoms with Gasteiger partial charge in [-0.1, -0.05) is 0 Å². The Morgan fingerprint density at radius 1 is 1.06 bits per heavy atom. The van der Waals surface area contributed by atoms with Crippen LogP contribution in [0, 0.1) is 18.8 Å². The highest BCUT2D eigenvalue weighted by molar-refractivity contribution is 7.88. The number of sulfonamides is 1. The Bertz CT molecular complexity index is 1540. The van der Waals surface area contributed by atoms with E-state index in [0.29, 0.717) is 23.4 Å². The molecule has 4 heterocycles. The zero-order chi connectivity index (χ0) is 24.9. The van der Waals surface area contributed by atoms with Crippen molar-refractivity contribution in [3.8, 4) is 11.5 Å². The minimum absolute atomic E-state index is 0.0330. The molecule has 1 aromatic carbocycles. The Hall–Kier alpha value is -3.83. The number of anilines is 3. The topological polar surface area (TPSA) is 122 Å². The maximum atomic E-state index is 11.6. The third-order valence-electron chi connectivity index (χ3n) is 6.68. The molecule has 2 fully saturated rings. The monoisotopic (exact) mass is 503 g/mol. The number of nitrogens with zero attached hydrogens (tertiary/aromatic N) is 5. The fourth-order valence-electron chi connectivity index (χ4n) is 4.87. The predicted molar refractivity (Wildman–Crippen MR) is 137 cm³/mol. The molecule has 1 aliphatic heterocycles. The summed E-state index contributed by atoms with van der Waals surface area (Å²) in [6.45, 7) is 3.52. The SMILES string of the molecule is Cc1cc(Nc2ncnc3cnc(N4CC5C(C4)C5NS(C)(=O)=O)cc23)ccc1Oc1cccnc1. The summed E-state index contributed by atoms with van der Waals surface area (Å²) in [5, 5.41) is 4.27. The van der Waals surface area contributed by atoms with Gasteiger partial charge in [0.05, 0.1) is 24.2 Å². The number of pyridine rings is 2. The summed E-state index contributed by atoms with van der Waals surface area (Å²) in [5.74, 6) is 3.59. The average Bonchev–Trinajstić information content (AvgIpc) is 3.26. The van der Waals surface area contributed by atoms with E-state index in [1.807, 2.05) is 43.3 Å². The van der Waals surface area contributed by atoms with E-state index in [-0.39, 0.29) is 6.04 Å². The van der Waals surface area contributed by atoms with Crippen LogP contribution in [-0.4, -0.2) is 53.7 Å². The van der Waals surface area contributed by atoms with E-state index in [4.69, 9.17) is 4.74 Å². The number of fused-ring (bicyclic) bond motifs is 2. The van der Waals surface area contributed by atoms with Gasteiger partial charge < -0.3 is 15.0 Å². The van der Waals surface area contributed by atoms with Crippen molar-refractivity contribution < 1.29 is 13.2 Å². The second-order valence-electron chi connectivity index (χ2n) is 9.33. The van der Waals surface area contributed by atoms with Gasteiger partial charge in [-0.05, 0) is 60.7 Å². The summed E-state index contributed by atoms with van der Waals surface area (Å²) in [4.78, 5) is 19.7. The summed E-state index contributed by atoms with van der Waals surface area (Å²) < 4.78 is 31.8. The second-order valence-corrected chi connectivity index (χ2v) is 11.1. The molecule has 36 heavy (non-hydrogen) atoms. The number of hydrogen-bond donors (Lipinski definition) is 2. The normalized spacial score (nSPS) is 20.8. The van der Waals surface area contributed by atoms with Gasteiger partial charge in [0.1, 0.15) is 29.5 Å². The first-order valence-electron chi connectivity index (χ1n) is 11.6. The molecule has 1 aliphatic carbocycles. The van der Waals surface area contributed by atoms with Crippen molar-refractivity contribution in [3.63, 3.8) is 0 Å². The molecule has 0 radical (unpaired) electrons. The lowest BCUT2D eigenvalue weighted by molar-refractivity contribution is 0.476. The van der Waals surface area contributed by atoms with Crippen LogP contribution >= 0.6 is 0 Å². The highest BCUT2D eigenvalue weighted by atomic mass is 32.2. The number of rotatable bonds is 7. The zero-order valence-electron chi connectivity index (χ0n) is 19.8. The minimum atomic E-state index is -3.19. The smallest absolute Gasteiger partial charge is 0.208 e. The Morgan fingerprint density at radius 3 is 2.61 bits per heavy atom. The molecule has 10 nitrogen and oxygen atoms in total. The second kappa shape index (κ2) is 8.68. The van der Waals surface area contributed by atoms with Crippen LogP contribution in [-0.2, 0) is 10.0 Å². The van der Waals surface area contributed by atoms with Crippen LogP contribution in [0.1, 0.15) is 5.56 Å². The van der Waals surface area contributed by atoms with E-state index in [9.17, 15) is 8.42 Å². The standard InChI is InChI=1S/C25H25N7O3S/c1-15-8-16(5-6-22(15)35-17-4-3-7-26-10-17)30-25-18-9-23(27-11-21(18)28-14-29-25)32-12-19-20(13-32)24(19)31-36(2,33)34/h3-11,14,19-20,24,31H,12-13H2,1-2H3,(H,28,29,30). The first-order chi connectivity index (χ1) is 17.3. The maximum absolute atomic E-state index is 11.6. The minimum Gasteiger partial charge on any atom is -0.455 e. The van der Waals surface area contributed by atoms with Crippen LogP contribution in [0.15, 0.2) is 61.3 Å². The van der Waals surface area contributed by atoms with Crippen molar-refractivity contribution in [3.05, 3.63) is 66.9 Å². The van der Waals surface area contributed by atoms with Gasteiger partial charge in [0, 0.05) is 36.4 Å². The van der Waals surface area contributed by atoms with Gasteiger partial charge in [-0.15, -0.1) is 0 Å². The van der Waals surface area contributed by atoms with Crippen LogP contribution in [0.4, 0.5) is 17.3 Å². The molecule has 0 spiro atoms. The molecule has 2 aliphatic rings. The lowest BCUT2D eigenvalue weighted by Crippen LogP contribution is -2.34. The summed E-state index contributed by atoms with van der Waals surface area (Å²) in [7, 11) is -3.19. The molecule has 6 rings (SSSR count). The number of ether oxygens (including phenoxy) is 1. The number of benzene rings is 1. The van der Waals surface area contributed by atoms with Gasteiger partial charge in [-0.3, -0.25) is 4.98 Å². The molecule has 2 atom stereocenters. The number of aromatic nitrogens is 4. The first kappa shape index (κ1) is 22.6. The summed E-state index contributed by atoms with van der Waals surface area (Å²) in [5.41, 5.74) is 2.59. The zero-order valence-corrected chi connectivity index (χ0v) is 20.6. The van der Waals surface area contributed by atoms with Crippen molar-refractivity contribution >= 4 is 38.2 Å². The van der Waals surface area contributed by atoms with Gasteiger partial charge in [-0.25, -0.2) is 28.1 Å². The molecule has 0 amide bonds. The Kier molecular flexibility index (Phi) is 5.45. The molecule has 4 aromatic rings. The summed E-state index contributed by atoms with van der Waals surface area (Å²) in [6.07, 6.45) is 7.87. The Labute approximate surface area is 208 Å². The molecular formula is C25H25N7O3S. The highest BCUT2D eigenvalue weighted by Crippen LogP contribution is 2.47. The third-order valence-corrected chi connectivity index (χ3v) is 7.38. The van der Waals surface area contributed by atoms with Gasteiger partial charge >= 0.3 is 0 Å². The number of nitrogens with one attached hydrogen (secondary N) is 2. The van der Waals surface area contributed by atoms with Crippen LogP contribution < -0.4 is 19.7 Å². The van der Waals surface area contributed by atoms with Crippen LogP contribution in [0.5, 0.6) is 11.5 Å². The van der Waals surface area contributed by atoms with Crippen molar-refractivity contribution in [2.24, 2.45) is 11.8 Å². The van der Waals surface area contributed by atoms with E-state index in [1.165, 1.54) is 12.6 Å². The van der Waals surface area contributed by atoms with Crippen LogP contribution in [0.3, 0.4) is 0 Å².